The first-order valence-electron chi connectivity index (χ1n) is 8.97. The summed E-state index contributed by atoms with van der Waals surface area (Å²) in [5.74, 6) is 0.0113. The summed E-state index contributed by atoms with van der Waals surface area (Å²) in [7, 11) is 0. The van der Waals surface area contributed by atoms with Crippen LogP contribution in [0.15, 0.2) is 78.0 Å². The predicted molar refractivity (Wildman–Crippen MR) is 108 cm³/mol. The van der Waals surface area contributed by atoms with Crippen LogP contribution in [0.2, 0.25) is 0 Å². The molecule has 0 heterocycles. The summed E-state index contributed by atoms with van der Waals surface area (Å²) in [5.41, 5.74) is 11.4. The third-order valence-electron chi connectivity index (χ3n) is 4.96. The lowest BCUT2D eigenvalue weighted by Gasteiger charge is -2.14. The van der Waals surface area contributed by atoms with Crippen molar-refractivity contribution in [3.05, 3.63) is 94.4 Å². The van der Waals surface area contributed by atoms with E-state index in [4.69, 9.17) is 10.5 Å². The number of ether oxygens (including phenoxy) is 1. The number of benzene rings is 3. The molecule has 1 unspecified atom stereocenters. The summed E-state index contributed by atoms with van der Waals surface area (Å²) in [6.07, 6.45) is -1.45. The van der Waals surface area contributed by atoms with Crippen LogP contribution in [0.25, 0.3) is 11.1 Å². The standard InChI is InChI=1S/C22H19N3O3/c23-21(25-27)14-9-11-15(12-10-14)24-22(26)28-13-20-18-7-3-1-5-16(18)17-6-2-4-8-19(17)20/h1-12,20-21H,13,23H2,(H,24,26). The molecule has 3 N–H and O–H groups in total. The molecule has 1 aliphatic carbocycles. The number of nitroso groups, excluding NO2 is 1. The highest BCUT2D eigenvalue weighted by atomic mass is 16.5. The van der Waals surface area contributed by atoms with Gasteiger partial charge in [0.25, 0.3) is 0 Å². The van der Waals surface area contributed by atoms with Gasteiger partial charge in [0.15, 0.2) is 6.17 Å². The van der Waals surface area contributed by atoms with Gasteiger partial charge in [0.05, 0.1) is 0 Å². The number of nitrogens with one attached hydrogen (secondary N) is 1. The number of anilines is 1. The Hall–Kier alpha value is -3.51. The van der Waals surface area contributed by atoms with Crippen molar-refractivity contribution in [1.29, 1.82) is 0 Å². The quantitative estimate of drug-likeness (QED) is 0.630. The van der Waals surface area contributed by atoms with Gasteiger partial charge in [-0.25, -0.2) is 4.79 Å². The summed E-state index contributed by atoms with van der Waals surface area (Å²) in [4.78, 5) is 22.7. The van der Waals surface area contributed by atoms with Gasteiger partial charge < -0.3 is 10.5 Å². The number of nitrogens with two attached hydrogens (primary N) is 1. The van der Waals surface area contributed by atoms with Gasteiger partial charge >= 0.3 is 6.09 Å². The highest BCUT2D eigenvalue weighted by Gasteiger charge is 2.28. The van der Waals surface area contributed by atoms with Crippen molar-refractivity contribution in [1.82, 2.24) is 0 Å². The Morgan fingerprint density at radius 3 is 2.11 bits per heavy atom. The SMILES string of the molecule is NC(N=O)c1ccc(NC(=O)OCC2c3ccccc3-c3ccccc32)cc1. The second-order valence-electron chi connectivity index (χ2n) is 6.62. The topological polar surface area (TPSA) is 93.8 Å². The fourth-order valence-electron chi connectivity index (χ4n) is 3.58. The summed E-state index contributed by atoms with van der Waals surface area (Å²) in [6, 6.07) is 23.0. The number of carbonyl (C=O) groups is 1. The monoisotopic (exact) mass is 373 g/mol. The number of amides is 1. The molecule has 0 saturated carbocycles. The van der Waals surface area contributed by atoms with Crippen LogP contribution in [0.4, 0.5) is 10.5 Å². The van der Waals surface area contributed by atoms with E-state index in [0.717, 1.165) is 11.1 Å². The highest BCUT2D eigenvalue weighted by molar-refractivity contribution is 5.85. The van der Waals surface area contributed by atoms with Crippen molar-refractivity contribution in [2.75, 3.05) is 11.9 Å². The number of hydrogen-bond acceptors (Lipinski definition) is 5. The maximum atomic E-state index is 12.2. The minimum absolute atomic E-state index is 0.0113. The molecule has 3 aromatic rings. The van der Waals surface area contributed by atoms with Crippen molar-refractivity contribution in [3.8, 4) is 11.1 Å². The van der Waals surface area contributed by atoms with E-state index in [1.165, 1.54) is 11.1 Å². The van der Waals surface area contributed by atoms with Gasteiger partial charge in [-0.2, -0.15) is 0 Å². The zero-order valence-corrected chi connectivity index (χ0v) is 15.0. The molecule has 140 valence electrons. The predicted octanol–water partition coefficient (Wildman–Crippen LogP) is 4.77. The van der Waals surface area contributed by atoms with Crippen molar-refractivity contribution in [2.45, 2.75) is 12.1 Å². The van der Waals surface area contributed by atoms with E-state index in [0.29, 0.717) is 11.3 Å². The van der Waals surface area contributed by atoms with Gasteiger partial charge in [-0.15, -0.1) is 4.91 Å². The van der Waals surface area contributed by atoms with E-state index >= 15 is 0 Å². The van der Waals surface area contributed by atoms with Gasteiger partial charge in [0.1, 0.15) is 6.61 Å². The van der Waals surface area contributed by atoms with E-state index in [-0.39, 0.29) is 12.5 Å². The first-order valence-corrected chi connectivity index (χ1v) is 8.97. The number of hydrogen-bond donors (Lipinski definition) is 2. The summed E-state index contributed by atoms with van der Waals surface area (Å²) in [5, 5.41) is 5.46. The fraction of sp³-hybridized carbons (Fsp3) is 0.136. The van der Waals surface area contributed by atoms with Crippen LogP contribution in [0.1, 0.15) is 28.8 Å². The molecular weight excluding hydrogens is 354 g/mol. The Labute approximate surface area is 162 Å². The Balaban J connectivity index is 1.43. The van der Waals surface area contributed by atoms with Crippen LogP contribution in [0, 0.1) is 4.91 Å². The molecular formula is C22H19N3O3. The maximum Gasteiger partial charge on any atom is 0.411 e. The zero-order valence-electron chi connectivity index (χ0n) is 15.0. The minimum atomic E-state index is -0.913. The number of fused-ring (bicyclic) bond motifs is 3. The lowest BCUT2D eigenvalue weighted by Crippen LogP contribution is -2.18. The van der Waals surface area contributed by atoms with Crippen LogP contribution in [-0.4, -0.2) is 12.7 Å². The van der Waals surface area contributed by atoms with Crippen molar-refractivity contribution < 1.29 is 9.53 Å². The molecule has 6 nitrogen and oxygen atoms in total. The van der Waals surface area contributed by atoms with E-state index in [2.05, 4.69) is 34.8 Å². The summed E-state index contributed by atoms with van der Waals surface area (Å²) in [6.45, 7) is 0.248. The average molecular weight is 373 g/mol. The van der Waals surface area contributed by atoms with Gasteiger partial charge in [-0.05, 0) is 45.1 Å². The number of carbonyl (C=O) groups excluding carboxylic acids is 1. The largest absolute Gasteiger partial charge is 0.448 e. The molecule has 28 heavy (non-hydrogen) atoms. The second kappa shape index (κ2) is 7.62. The molecule has 1 atom stereocenters. The molecule has 0 bridgehead atoms. The molecule has 0 aromatic heterocycles. The first-order chi connectivity index (χ1) is 13.7. The van der Waals surface area contributed by atoms with Crippen LogP contribution >= 0.6 is 0 Å². The van der Waals surface area contributed by atoms with Crippen LogP contribution in [0.5, 0.6) is 0 Å². The van der Waals surface area contributed by atoms with Crippen LogP contribution in [-0.2, 0) is 4.74 Å². The van der Waals surface area contributed by atoms with E-state index in [1.54, 1.807) is 24.3 Å². The van der Waals surface area contributed by atoms with Crippen molar-refractivity contribution >= 4 is 11.8 Å². The van der Waals surface area contributed by atoms with Crippen molar-refractivity contribution in [2.24, 2.45) is 10.9 Å². The molecule has 0 fully saturated rings. The Morgan fingerprint density at radius 1 is 0.964 bits per heavy atom. The zero-order chi connectivity index (χ0) is 19.5. The molecule has 0 radical (unpaired) electrons. The fourth-order valence-corrected chi connectivity index (χ4v) is 3.58. The molecule has 4 rings (SSSR count). The summed E-state index contributed by atoms with van der Waals surface area (Å²) < 4.78 is 5.50. The normalized spacial score (nSPS) is 13.3. The third kappa shape index (κ3) is 3.37. The molecule has 0 saturated heterocycles. The minimum Gasteiger partial charge on any atom is -0.448 e. The van der Waals surface area contributed by atoms with Crippen LogP contribution < -0.4 is 11.1 Å². The smallest absolute Gasteiger partial charge is 0.411 e. The molecule has 0 aliphatic heterocycles. The number of rotatable bonds is 5. The number of nitrogens with zero attached hydrogens (tertiary/aromatic N) is 1. The Morgan fingerprint density at radius 2 is 1.54 bits per heavy atom. The maximum absolute atomic E-state index is 12.2. The summed E-state index contributed by atoms with van der Waals surface area (Å²) >= 11 is 0. The third-order valence-corrected chi connectivity index (χ3v) is 4.96. The lowest BCUT2D eigenvalue weighted by molar-refractivity contribution is 0.158. The van der Waals surface area contributed by atoms with Gasteiger partial charge in [0, 0.05) is 11.6 Å². The molecule has 1 aliphatic rings. The van der Waals surface area contributed by atoms with Gasteiger partial charge in [-0.3, -0.25) is 5.32 Å². The average Bonchev–Trinajstić information content (AvgIpc) is 3.06. The van der Waals surface area contributed by atoms with Gasteiger partial charge in [-0.1, -0.05) is 60.7 Å². The Kier molecular flexibility index (Phi) is 4.87. The Bertz CT molecular complexity index is 972. The highest BCUT2D eigenvalue weighted by Crippen LogP contribution is 2.44. The first kappa shape index (κ1) is 17.9. The second-order valence-corrected chi connectivity index (χ2v) is 6.62. The molecule has 0 spiro atoms. The van der Waals surface area contributed by atoms with Crippen molar-refractivity contribution in [3.63, 3.8) is 0 Å². The molecule has 6 heteroatoms. The molecule has 1 amide bonds. The van der Waals surface area contributed by atoms with E-state index in [1.807, 2.05) is 24.3 Å². The van der Waals surface area contributed by atoms with E-state index < -0.39 is 12.3 Å². The van der Waals surface area contributed by atoms with E-state index in [9.17, 15) is 9.70 Å². The lowest BCUT2D eigenvalue weighted by atomic mass is 9.98. The molecule has 3 aromatic carbocycles. The van der Waals surface area contributed by atoms with Crippen LogP contribution in [0.3, 0.4) is 0 Å². The van der Waals surface area contributed by atoms with Gasteiger partial charge in [0.2, 0.25) is 0 Å².